The summed E-state index contributed by atoms with van der Waals surface area (Å²) >= 11 is 0. The molecule has 1 amide bonds. The number of carbonyl (C=O) groups is 1. The first-order valence-corrected chi connectivity index (χ1v) is 7.00. The second kappa shape index (κ2) is 7.42. The quantitative estimate of drug-likeness (QED) is 0.844. The van der Waals surface area contributed by atoms with Crippen molar-refractivity contribution >= 4 is 11.6 Å². The largest absolute Gasteiger partial charge is 0.478 e. The van der Waals surface area contributed by atoms with E-state index in [-0.39, 0.29) is 29.9 Å². The highest BCUT2D eigenvalue weighted by molar-refractivity contribution is 5.91. The molecule has 1 aromatic carbocycles. The second-order valence-corrected chi connectivity index (χ2v) is 4.87. The van der Waals surface area contributed by atoms with Gasteiger partial charge in [-0.25, -0.2) is 0 Å². The van der Waals surface area contributed by atoms with E-state index in [1.807, 2.05) is 25.1 Å². The Hall–Kier alpha value is -2.60. The lowest BCUT2D eigenvalue weighted by molar-refractivity contribution is -0.118. The van der Waals surface area contributed by atoms with Gasteiger partial charge in [-0.15, -0.1) is 0 Å². The number of benzene rings is 1. The number of hydrogen-bond acceptors (Lipinski definition) is 4. The van der Waals surface area contributed by atoms with Crippen molar-refractivity contribution in [1.82, 2.24) is 4.57 Å². The van der Waals surface area contributed by atoms with Gasteiger partial charge >= 0.3 is 0 Å². The summed E-state index contributed by atoms with van der Waals surface area (Å²) in [6.07, 6.45) is 1.65. The molecule has 0 bridgehead atoms. The number of rotatable bonds is 6. The van der Waals surface area contributed by atoms with Crippen LogP contribution in [-0.2, 0) is 4.79 Å². The molecule has 116 valence electrons. The van der Waals surface area contributed by atoms with Gasteiger partial charge in [0.25, 0.3) is 11.5 Å². The van der Waals surface area contributed by atoms with E-state index in [2.05, 4.69) is 5.32 Å². The average molecular weight is 301 g/mol. The van der Waals surface area contributed by atoms with Crippen LogP contribution < -0.4 is 21.3 Å². The average Bonchev–Trinajstić information content (AvgIpc) is 2.54. The van der Waals surface area contributed by atoms with Crippen LogP contribution in [0.5, 0.6) is 5.75 Å². The van der Waals surface area contributed by atoms with Crippen molar-refractivity contribution < 1.29 is 9.53 Å². The molecule has 2 aromatic rings. The van der Waals surface area contributed by atoms with E-state index in [1.54, 1.807) is 24.4 Å². The van der Waals surface area contributed by atoms with Gasteiger partial charge in [0, 0.05) is 24.5 Å². The summed E-state index contributed by atoms with van der Waals surface area (Å²) in [5.41, 5.74) is 5.95. The number of carbonyl (C=O) groups excluding carboxylic acids is 1. The van der Waals surface area contributed by atoms with Crippen molar-refractivity contribution in [1.29, 1.82) is 0 Å². The third-order valence-electron chi connectivity index (χ3n) is 3.17. The molecule has 0 aliphatic heterocycles. The summed E-state index contributed by atoms with van der Waals surface area (Å²) in [4.78, 5) is 24.0. The smallest absolute Gasteiger partial charge is 0.293 e. The van der Waals surface area contributed by atoms with Gasteiger partial charge in [-0.1, -0.05) is 18.2 Å². The van der Waals surface area contributed by atoms with E-state index < -0.39 is 0 Å². The summed E-state index contributed by atoms with van der Waals surface area (Å²) in [6.45, 7) is 1.95. The molecular weight excluding hydrogens is 282 g/mol. The topological polar surface area (TPSA) is 86.3 Å². The Morgan fingerprint density at radius 2 is 2.00 bits per heavy atom. The van der Waals surface area contributed by atoms with E-state index in [4.69, 9.17) is 10.5 Å². The number of nitrogens with two attached hydrogens (primary N) is 1. The number of aromatic nitrogens is 1. The maximum atomic E-state index is 12.2. The van der Waals surface area contributed by atoms with Crippen molar-refractivity contribution in [2.24, 2.45) is 5.73 Å². The number of nitrogens with zero attached hydrogens (tertiary/aromatic N) is 1. The Balaban J connectivity index is 2.00. The predicted octanol–water partition coefficient (Wildman–Crippen LogP) is 1.39. The molecule has 1 unspecified atom stereocenters. The molecule has 1 atom stereocenters. The standard InChI is InChI=1S/C16H19N3O3/c1-12(10-17)19-9-5-8-14(16(19)21)22-11-15(20)18-13-6-3-2-4-7-13/h2-9,12H,10-11,17H2,1H3,(H,18,20). The minimum atomic E-state index is -0.326. The molecule has 3 N–H and O–H groups in total. The molecule has 0 radical (unpaired) electrons. The zero-order chi connectivity index (χ0) is 15.9. The van der Waals surface area contributed by atoms with Crippen LogP contribution in [0.25, 0.3) is 0 Å². The Morgan fingerprint density at radius 3 is 2.68 bits per heavy atom. The first-order valence-electron chi connectivity index (χ1n) is 7.00. The number of ether oxygens (including phenoxy) is 1. The van der Waals surface area contributed by atoms with E-state index in [1.165, 1.54) is 10.6 Å². The van der Waals surface area contributed by atoms with Crippen LogP contribution in [0.3, 0.4) is 0 Å². The Labute approximate surface area is 128 Å². The fourth-order valence-electron chi connectivity index (χ4n) is 1.92. The molecule has 0 aliphatic rings. The van der Waals surface area contributed by atoms with Gasteiger partial charge in [0.1, 0.15) is 0 Å². The molecule has 1 heterocycles. The number of hydrogen-bond donors (Lipinski definition) is 2. The lowest BCUT2D eigenvalue weighted by Crippen LogP contribution is -2.29. The minimum Gasteiger partial charge on any atom is -0.478 e. The first kappa shape index (κ1) is 15.8. The number of pyridine rings is 1. The second-order valence-electron chi connectivity index (χ2n) is 4.87. The van der Waals surface area contributed by atoms with Crippen molar-refractivity contribution in [2.45, 2.75) is 13.0 Å². The summed E-state index contributed by atoms with van der Waals surface area (Å²) < 4.78 is 6.81. The maximum Gasteiger partial charge on any atom is 0.293 e. The molecule has 0 saturated carbocycles. The molecule has 2 rings (SSSR count). The van der Waals surface area contributed by atoms with E-state index in [9.17, 15) is 9.59 Å². The number of para-hydroxylation sites is 1. The molecular formula is C16H19N3O3. The molecule has 0 aliphatic carbocycles. The monoisotopic (exact) mass is 301 g/mol. The molecule has 22 heavy (non-hydrogen) atoms. The molecule has 6 heteroatoms. The Bertz CT molecular complexity index is 683. The van der Waals surface area contributed by atoms with Gasteiger partial charge in [-0.05, 0) is 31.2 Å². The minimum absolute atomic E-state index is 0.130. The van der Waals surface area contributed by atoms with E-state index in [0.29, 0.717) is 12.2 Å². The van der Waals surface area contributed by atoms with Gasteiger partial charge < -0.3 is 20.4 Å². The van der Waals surface area contributed by atoms with Crippen molar-refractivity contribution in [2.75, 3.05) is 18.5 Å². The summed E-state index contributed by atoms with van der Waals surface area (Å²) in [6, 6.07) is 12.1. The van der Waals surface area contributed by atoms with Crippen molar-refractivity contribution in [3.8, 4) is 5.75 Å². The highest BCUT2D eigenvalue weighted by Gasteiger charge is 2.10. The van der Waals surface area contributed by atoms with E-state index in [0.717, 1.165) is 0 Å². The Morgan fingerprint density at radius 1 is 1.27 bits per heavy atom. The van der Waals surface area contributed by atoms with Crippen LogP contribution >= 0.6 is 0 Å². The van der Waals surface area contributed by atoms with Gasteiger partial charge in [0.15, 0.2) is 12.4 Å². The fraction of sp³-hybridized carbons (Fsp3) is 0.250. The SMILES string of the molecule is CC(CN)n1cccc(OCC(=O)Nc2ccccc2)c1=O. The van der Waals surface area contributed by atoms with Gasteiger partial charge in [0.05, 0.1) is 0 Å². The van der Waals surface area contributed by atoms with Crippen molar-refractivity contribution in [3.63, 3.8) is 0 Å². The first-order chi connectivity index (χ1) is 10.6. The van der Waals surface area contributed by atoms with Crippen LogP contribution in [0.1, 0.15) is 13.0 Å². The third kappa shape index (κ3) is 3.95. The maximum absolute atomic E-state index is 12.2. The fourth-order valence-corrected chi connectivity index (χ4v) is 1.92. The summed E-state index contributed by atoms with van der Waals surface area (Å²) in [5, 5.41) is 2.69. The van der Waals surface area contributed by atoms with Crippen LogP contribution in [0.4, 0.5) is 5.69 Å². The molecule has 6 nitrogen and oxygen atoms in total. The molecule has 0 spiro atoms. The zero-order valence-corrected chi connectivity index (χ0v) is 12.4. The number of anilines is 1. The van der Waals surface area contributed by atoms with Gasteiger partial charge in [0.2, 0.25) is 0 Å². The molecule has 1 aromatic heterocycles. The van der Waals surface area contributed by atoms with Crippen LogP contribution in [0, 0.1) is 0 Å². The van der Waals surface area contributed by atoms with Gasteiger partial charge in [-0.2, -0.15) is 0 Å². The summed E-state index contributed by atoms with van der Waals surface area (Å²) in [7, 11) is 0. The molecule has 0 saturated heterocycles. The summed E-state index contributed by atoms with van der Waals surface area (Å²) in [5.74, 6) is -0.195. The van der Waals surface area contributed by atoms with Crippen LogP contribution in [0.15, 0.2) is 53.5 Å². The third-order valence-corrected chi connectivity index (χ3v) is 3.17. The Kier molecular flexibility index (Phi) is 5.32. The van der Waals surface area contributed by atoms with Gasteiger partial charge in [-0.3, -0.25) is 9.59 Å². The molecule has 0 fully saturated rings. The number of amides is 1. The van der Waals surface area contributed by atoms with Crippen molar-refractivity contribution in [3.05, 3.63) is 59.0 Å². The lowest BCUT2D eigenvalue weighted by atomic mass is 10.3. The predicted molar refractivity (Wildman–Crippen MR) is 85.0 cm³/mol. The lowest BCUT2D eigenvalue weighted by Gasteiger charge is -2.14. The zero-order valence-electron chi connectivity index (χ0n) is 12.4. The highest BCUT2D eigenvalue weighted by Crippen LogP contribution is 2.08. The number of nitrogens with one attached hydrogen (secondary N) is 1. The normalized spacial score (nSPS) is 11.7. The highest BCUT2D eigenvalue weighted by atomic mass is 16.5. The van der Waals surface area contributed by atoms with E-state index >= 15 is 0 Å². The van der Waals surface area contributed by atoms with Crippen LogP contribution in [-0.4, -0.2) is 23.6 Å². The van der Waals surface area contributed by atoms with Crippen LogP contribution in [0.2, 0.25) is 0 Å².